The van der Waals surface area contributed by atoms with Gasteiger partial charge in [0.05, 0.1) is 16.1 Å². The first-order valence-electron chi connectivity index (χ1n) is 7.79. The third kappa shape index (κ3) is 2.78. The lowest BCUT2D eigenvalue weighted by Crippen LogP contribution is -2.56. The number of alkyl halides is 2. The van der Waals surface area contributed by atoms with Crippen molar-refractivity contribution in [2.75, 3.05) is 31.1 Å². The Bertz CT molecular complexity index is 699. The molecule has 0 unspecified atom stereocenters. The molecule has 23 heavy (non-hydrogen) atoms. The Morgan fingerprint density at radius 2 is 1.91 bits per heavy atom. The molecule has 1 amide bonds. The number of likely N-dealkylation sites (tertiary alicyclic amines) is 1. The molecule has 2 aromatic rings. The van der Waals surface area contributed by atoms with Gasteiger partial charge in [0, 0.05) is 39.0 Å². The van der Waals surface area contributed by atoms with Crippen molar-refractivity contribution in [1.82, 2.24) is 9.88 Å². The lowest BCUT2D eigenvalue weighted by molar-refractivity contribution is -0.142. The number of halogens is 2. The van der Waals surface area contributed by atoms with Crippen molar-refractivity contribution in [2.24, 2.45) is 5.92 Å². The third-order valence-corrected chi connectivity index (χ3v) is 5.69. The first-order chi connectivity index (χ1) is 11.0. The van der Waals surface area contributed by atoms with Gasteiger partial charge in [-0.1, -0.05) is 23.5 Å². The van der Waals surface area contributed by atoms with Gasteiger partial charge in [0.1, 0.15) is 0 Å². The second kappa shape index (κ2) is 5.40. The fourth-order valence-corrected chi connectivity index (χ4v) is 4.08. The van der Waals surface area contributed by atoms with Gasteiger partial charge in [0.25, 0.3) is 5.92 Å². The quantitative estimate of drug-likeness (QED) is 0.845. The standard InChI is InChI=1S/C16H17F2N3OS/c17-16(18)5-7-20(8-6-16)14(22)11-9-21(10-11)15-19-12-3-1-2-4-13(12)23-15/h1-4,11H,5-10H2. The minimum Gasteiger partial charge on any atom is -0.346 e. The van der Waals surface area contributed by atoms with E-state index in [0.717, 1.165) is 15.3 Å². The molecule has 0 N–H and O–H groups in total. The molecule has 1 aromatic carbocycles. The molecule has 0 atom stereocenters. The van der Waals surface area contributed by atoms with Crippen molar-refractivity contribution in [1.29, 1.82) is 0 Å². The van der Waals surface area contributed by atoms with Gasteiger partial charge < -0.3 is 9.80 Å². The van der Waals surface area contributed by atoms with Crippen molar-refractivity contribution in [3.8, 4) is 0 Å². The highest BCUT2D eigenvalue weighted by atomic mass is 32.1. The summed E-state index contributed by atoms with van der Waals surface area (Å²) in [6.07, 6.45) is -0.430. The van der Waals surface area contributed by atoms with Crippen LogP contribution in [0.2, 0.25) is 0 Å². The van der Waals surface area contributed by atoms with E-state index in [2.05, 4.69) is 9.88 Å². The number of fused-ring (bicyclic) bond motifs is 1. The minimum absolute atomic E-state index is 0.0119. The van der Waals surface area contributed by atoms with Crippen LogP contribution in [-0.4, -0.2) is 47.9 Å². The predicted octanol–water partition coefficient (Wildman–Crippen LogP) is 2.99. The van der Waals surface area contributed by atoms with Gasteiger partial charge in [-0.2, -0.15) is 0 Å². The summed E-state index contributed by atoms with van der Waals surface area (Å²) in [5.74, 6) is -2.68. The molecule has 0 radical (unpaired) electrons. The van der Waals surface area contributed by atoms with Gasteiger partial charge in [-0.05, 0) is 12.1 Å². The number of nitrogens with zero attached hydrogens (tertiary/aromatic N) is 3. The van der Waals surface area contributed by atoms with Gasteiger partial charge >= 0.3 is 0 Å². The van der Waals surface area contributed by atoms with Crippen molar-refractivity contribution in [3.63, 3.8) is 0 Å². The van der Waals surface area contributed by atoms with Gasteiger partial charge in [-0.25, -0.2) is 13.8 Å². The van der Waals surface area contributed by atoms with Crippen molar-refractivity contribution < 1.29 is 13.6 Å². The maximum Gasteiger partial charge on any atom is 0.251 e. The van der Waals surface area contributed by atoms with E-state index in [-0.39, 0.29) is 37.8 Å². The fourth-order valence-electron chi connectivity index (χ4n) is 3.10. The Morgan fingerprint density at radius 1 is 1.22 bits per heavy atom. The first kappa shape index (κ1) is 14.8. The number of piperidine rings is 1. The van der Waals surface area contributed by atoms with Crippen molar-refractivity contribution in [2.45, 2.75) is 18.8 Å². The Kier molecular flexibility index (Phi) is 3.48. The first-order valence-corrected chi connectivity index (χ1v) is 8.61. The fraction of sp³-hybridized carbons (Fsp3) is 0.500. The molecule has 4 nitrogen and oxygen atoms in total. The van der Waals surface area contributed by atoms with E-state index in [4.69, 9.17) is 0 Å². The Hall–Kier alpha value is -1.76. The summed E-state index contributed by atoms with van der Waals surface area (Å²) in [5.41, 5.74) is 0.973. The maximum atomic E-state index is 13.2. The van der Waals surface area contributed by atoms with E-state index in [1.54, 1.807) is 16.2 Å². The number of amides is 1. The second-order valence-electron chi connectivity index (χ2n) is 6.25. The summed E-state index contributed by atoms with van der Waals surface area (Å²) in [7, 11) is 0. The monoisotopic (exact) mass is 337 g/mol. The van der Waals surface area contributed by atoms with Crippen molar-refractivity contribution in [3.05, 3.63) is 24.3 Å². The molecule has 2 fully saturated rings. The highest BCUT2D eigenvalue weighted by molar-refractivity contribution is 7.22. The number of aromatic nitrogens is 1. The third-order valence-electron chi connectivity index (χ3n) is 4.59. The van der Waals surface area contributed by atoms with Crippen LogP contribution in [-0.2, 0) is 4.79 Å². The smallest absolute Gasteiger partial charge is 0.251 e. The van der Waals surface area contributed by atoms with Crippen LogP contribution in [0.4, 0.5) is 13.9 Å². The lowest BCUT2D eigenvalue weighted by Gasteiger charge is -2.42. The van der Waals surface area contributed by atoms with Gasteiger partial charge in [-0.15, -0.1) is 0 Å². The highest BCUT2D eigenvalue weighted by Gasteiger charge is 2.41. The topological polar surface area (TPSA) is 36.4 Å². The molecular weight excluding hydrogens is 320 g/mol. The van der Waals surface area contributed by atoms with Gasteiger partial charge in [0.15, 0.2) is 5.13 Å². The van der Waals surface area contributed by atoms with E-state index in [9.17, 15) is 13.6 Å². The number of para-hydroxylation sites is 1. The molecule has 0 spiro atoms. The molecule has 2 saturated heterocycles. The van der Waals surface area contributed by atoms with Crippen molar-refractivity contribution >= 4 is 32.6 Å². The van der Waals surface area contributed by atoms with Crippen LogP contribution < -0.4 is 4.90 Å². The Balaban J connectivity index is 1.36. The normalized spacial score (nSPS) is 21.5. The molecule has 1 aromatic heterocycles. The number of hydrogen-bond acceptors (Lipinski definition) is 4. The van der Waals surface area contributed by atoms with E-state index >= 15 is 0 Å². The SMILES string of the molecule is O=C(C1CN(c2nc3ccccc3s2)C1)N1CCC(F)(F)CC1. The number of anilines is 1. The summed E-state index contributed by atoms with van der Waals surface area (Å²) in [4.78, 5) is 20.6. The van der Waals surface area contributed by atoms with Crippen LogP contribution in [0, 0.1) is 5.92 Å². The molecule has 0 bridgehead atoms. The average molecular weight is 337 g/mol. The number of carbonyl (C=O) groups excluding carboxylic acids is 1. The number of carbonyl (C=O) groups is 1. The molecule has 3 heterocycles. The number of thiazole rings is 1. The molecule has 0 aliphatic carbocycles. The highest BCUT2D eigenvalue weighted by Crippen LogP contribution is 2.34. The summed E-state index contributed by atoms with van der Waals surface area (Å²) >= 11 is 1.62. The Morgan fingerprint density at radius 3 is 2.61 bits per heavy atom. The van der Waals surface area contributed by atoms with E-state index in [1.165, 1.54) is 0 Å². The number of hydrogen-bond donors (Lipinski definition) is 0. The van der Waals surface area contributed by atoms with Gasteiger partial charge in [0.2, 0.25) is 5.91 Å². The number of benzene rings is 1. The van der Waals surface area contributed by atoms with E-state index in [1.807, 2.05) is 24.3 Å². The Labute approximate surface area is 136 Å². The molecular formula is C16H17F2N3OS. The minimum atomic E-state index is -2.61. The maximum absolute atomic E-state index is 13.2. The zero-order valence-corrected chi connectivity index (χ0v) is 13.4. The van der Waals surface area contributed by atoms with E-state index < -0.39 is 5.92 Å². The lowest BCUT2D eigenvalue weighted by atomic mass is 9.97. The summed E-state index contributed by atoms with van der Waals surface area (Å²) in [5, 5.41) is 0.931. The van der Waals surface area contributed by atoms with Crippen LogP contribution >= 0.6 is 11.3 Å². The van der Waals surface area contributed by atoms with Crippen LogP contribution in [0.25, 0.3) is 10.2 Å². The zero-order chi connectivity index (χ0) is 16.0. The largest absolute Gasteiger partial charge is 0.346 e. The predicted molar refractivity (Wildman–Crippen MR) is 86.1 cm³/mol. The second-order valence-corrected chi connectivity index (χ2v) is 7.26. The molecule has 122 valence electrons. The molecule has 7 heteroatoms. The summed E-state index contributed by atoms with van der Waals surface area (Å²) in [6.45, 7) is 1.60. The molecule has 2 aliphatic heterocycles. The summed E-state index contributed by atoms with van der Waals surface area (Å²) < 4.78 is 27.5. The van der Waals surface area contributed by atoms with Crippen LogP contribution in [0.15, 0.2) is 24.3 Å². The molecule has 0 saturated carbocycles. The summed E-state index contributed by atoms with van der Waals surface area (Å²) in [6, 6.07) is 7.96. The number of rotatable bonds is 2. The van der Waals surface area contributed by atoms with Crippen LogP contribution in [0.5, 0.6) is 0 Å². The van der Waals surface area contributed by atoms with E-state index in [0.29, 0.717) is 13.1 Å². The van der Waals surface area contributed by atoms with Gasteiger partial charge in [-0.3, -0.25) is 4.79 Å². The zero-order valence-electron chi connectivity index (χ0n) is 12.5. The molecule has 4 rings (SSSR count). The van der Waals surface area contributed by atoms with Crippen LogP contribution in [0.3, 0.4) is 0 Å². The van der Waals surface area contributed by atoms with Crippen LogP contribution in [0.1, 0.15) is 12.8 Å². The average Bonchev–Trinajstić information content (AvgIpc) is 2.88. The molecule has 2 aliphatic rings.